The van der Waals surface area contributed by atoms with Crippen LogP contribution in [-0.4, -0.2) is 64.1 Å². The fourth-order valence-electron chi connectivity index (χ4n) is 3.61. The second-order valence-electron chi connectivity index (χ2n) is 7.62. The Labute approximate surface area is 178 Å². The molecule has 30 heavy (non-hydrogen) atoms. The van der Waals surface area contributed by atoms with Crippen LogP contribution < -0.4 is 14.2 Å². The number of rotatable bonds is 8. The second kappa shape index (κ2) is 8.83. The molecule has 0 spiro atoms. The molecule has 1 aliphatic heterocycles. The topological polar surface area (TPSA) is 68.3 Å². The Morgan fingerprint density at radius 3 is 2.33 bits per heavy atom. The van der Waals surface area contributed by atoms with Gasteiger partial charge in [0.1, 0.15) is 22.1 Å². The minimum atomic E-state index is -3.67. The summed E-state index contributed by atoms with van der Waals surface area (Å²) < 4.78 is 44.5. The maximum absolute atomic E-state index is 13.2. The largest absolute Gasteiger partial charge is 0.497 e. The Balaban J connectivity index is 1.43. The van der Waals surface area contributed by atoms with Crippen molar-refractivity contribution in [2.75, 3.05) is 40.4 Å². The van der Waals surface area contributed by atoms with E-state index in [-0.39, 0.29) is 4.90 Å². The highest BCUT2D eigenvalue weighted by atomic mass is 32.2. The number of methoxy groups -OCH3 is 2. The molecule has 2 aromatic carbocycles. The predicted octanol–water partition coefficient (Wildman–Crippen LogP) is 2.75. The van der Waals surface area contributed by atoms with Crippen LogP contribution in [0.15, 0.2) is 47.4 Å². The van der Waals surface area contributed by atoms with Gasteiger partial charge in [0.15, 0.2) is 0 Å². The lowest BCUT2D eigenvalue weighted by Gasteiger charge is -2.34. The van der Waals surface area contributed by atoms with Crippen molar-refractivity contribution in [1.82, 2.24) is 9.21 Å². The first-order valence-corrected chi connectivity index (χ1v) is 11.6. The molecule has 2 aliphatic rings. The molecule has 1 saturated heterocycles. The van der Waals surface area contributed by atoms with Gasteiger partial charge in [0.05, 0.1) is 20.3 Å². The Morgan fingerprint density at radius 1 is 0.933 bits per heavy atom. The fourth-order valence-corrected chi connectivity index (χ4v) is 5.20. The van der Waals surface area contributed by atoms with Gasteiger partial charge in [-0.05, 0) is 31.0 Å². The van der Waals surface area contributed by atoms with Gasteiger partial charge in [0.2, 0.25) is 10.0 Å². The fraction of sp³-hybridized carbons (Fsp3) is 0.455. The first-order chi connectivity index (χ1) is 14.5. The zero-order valence-electron chi connectivity index (χ0n) is 17.4. The molecule has 2 fully saturated rings. The third-order valence-corrected chi connectivity index (χ3v) is 7.42. The summed E-state index contributed by atoms with van der Waals surface area (Å²) in [6.45, 7) is 2.91. The molecule has 0 aromatic heterocycles. The molecule has 0 N–H and O–H groups in total. The molecule has 1 aliphatic carbocycles. The summed E-state index contributed by atoms with van der Waals surface area (Å²) in [5.41, 5.74) is 1.15. The summed E-state index contributed by atoms with van der Waals surface area (Å²) in [4.78, 5) is 2.41. The highest BCUT2D eigenvalue weighted by Crippen LogP contribution is 2.32. The summed E-state index contributed by atoms with van der Waals surface area (Å²) in [7, 11) is -0.685. The first kappa shape index (κ1) is 21.0. The van der Waals surface area contributed by atoms with Gasteiger partial charge in [0, 0.05) is 44.4 Å². The van der Waals surface area contributed by atoms with Gasteiger partial charge in [-0.3, -0.25) is 4.90 Å². The van der Waals surface area contributed by atoms with Gasteiger partial charge in [-0.2, -0.15) is 4.31 Å². The van der Waals surface area contributed by atoms with Crippen molar-refractivity contribution in [2.24, 2.45) is 0 Å². The minimum Gasteiger partial charge on any atom is -0.497 e. The number of hydrogen-bond donors (Lipinski definition) is 0. The summed E-state index contributed by atoms with van der Waals surface area (Å²) in [6, 6.07) is 12.9. The van der Waals surface area contributed by atoms with E-state index in [2.05, 4.69) is 11.0 Å². The molecule has 0 radical (unpaired) electrons. The minimum absolute atomic E-state index is 0.140. The monoisotopic (exact) mass is 432 g/mol. The molecule has 0 amide bonds. The summed E-state index contributed by atoms with van der Waals surface area (Å²) in [5.74, 6) is 1.75. The van der Waals surface area contributed by atoms with Crippen LogP contribution in [0.5, 0.6) is 17.2 Å². The molecular weight excluding hydrogens is 404 g/mol. The number of nitrogens with zero attached hydrogens (tertiary/aromatic N) is 2. The van der Waals surface area contributed by atoms with Crippen molar-refractivity contribution in [3.05, 3.63) is 48.0 Å². The zero-order valence-corrected chi connectivity index (χ0v) is 18.2. The molecule has 8 heteroatoms. The lowest BCUT2D eigenvalue weighted by atomic mass is 10.2. The smallest absolute Gasteiger partial charge is 0.246 e. The van der Waals surface area contributed by atoms with E-state index in [1.807, 2.05) is 18.2 Å². The van der Waals surface area contributed by atoms with Crippen LogP contribution in [0.4, 0.5) is 0 Å². The van der Waals surface area contributed by atoms with E-state index in [4.69, 9.17) is 14.2 Å². The molecule has 1 saturated carbocycles. The van der Waals surface area contributed by atoms with E-state index in [9.17, 15) is 8.42 Å². The van der Waals surface area contributed by atoms with Crippen LogP contribution in [0, 0.1) is 0 Å². The van der Waals surface area contributed by atoms with E-state index >= 15 is 0 Å². The van der Waals surface area contributed by atoms with Crippen LogP contribution >= 0.6 is 0 Å². The van der Waals surface area contributed by atoms with Crippen LogP contribution in [0.1, 0.15) is 18.4 Å². The maximum Gasteiger partial charge on any atom is 0.246 e. The molecule has 4 rings (SSSR count). The molecule has 162 valence electrons. The van der Waals surface area contributed by atoms with Crippen LogP contribution in [0.3, 0.4) is 0 Å². The van der Waals surface area contributed by atoms with Gasteiger partial charge in [-0.1, -0.05) is 18.2 Å². The van der Waals surface area contributed by atoms with Gasteiger partial charge >= 0.3 is 0 Å². The predicted molar refractivity (Wildman–Crippen MR) is 114 cm³/mol. The molecule has 0 unspecified atom stereocenters. The molecule has 7 nitrogen and oxygen atoms in total. The molecule has 0 atom stereocenters. The normalized spacial score (nSPS) is 18.2. The Bertz CT molecular complexity index is 983. The average Bonchev–Trinajstić information content (AvgIpc) is 3.59. The Kier molecular flexibility index (Phi) is 6.17. The molecule has 2 aromatic rings. The number of para-hydroxylation sites is 1. The van der Waals surface area contributed by atoms with Gasteiger partial charge in [0.25, 0.3) is 0 Å². The number of hydrogen-bond acceptors (Lipinski definition) is 6. The summed E-state index contributed by atoms with van der Waals surface area (Å²) in [5, 5.41) is 0. The first-order valence-electron chi connectivity index (χ1n) is 10.2. The van der Waals surface area contributed by atoms with E-state index in [1.165, 1.54) is 24.6 Å². The quantitative estimate of drug-likeness (QED) is 0.639. The van der Waals surface area contributed by atoms with Crippen molar-refractivity contribution in [3.63, 3.8) is 0 Å². The Morgan fingerprint density at radius 2 is 1.67 bits per heavy atom. The van der Waals surface area contributed by atoms with Crippen LogP contribution in [0.2, 0.25) is 0 Å². The summed E-state index contributed by atoms with van der Waals surface area (Å²) in [6.07, 6.45) is 2.60. The highest BCUT2D eigenvalue weighted by Gasteiger charge is 2.32. The number of sulfonamides is 1. The SMILES string of the molecule is COc1ccc(OC)c(S(=O)(=O)N2CCN(Cc3ccccc3OC3CC3)CC2)c1. The standard InChI is InChI=1S/C22H28N2O5S/c1-27-19-9-10-21(28-2)22(15-19)30(25,26)24-13-11-23(12-14-24)16-17-5-3-4-6-20(17)29-18-7-8-18/h3-6,9-10,15,18H,7-8,11-14,16H2,1-2H3. The van der Waals surface area contributed by atoms with Crippen molar-refractivity contribution < 1.29 is 22.6 Å². The average molecular weight is 433 g/mol. The third kappa shape index (κ3) is 4.55. The van der Waals surface area contributed by atoms with Crippen molar-refractivity contribution in [2.45, 2.75) is 30.4 Å². The zero-order chi connectivity index (χ0) is 21.1. The van der Waals surface area contributed by atoms with E-state index < -0.39 is 10.0 Å². The Hall–Kier alpha value is -2.29. The van der Waals surface area contributed by atoms with Crippen molar-refractivity contribution in [1.29, 1.82) is 0 Å². The van der Waals surface area contributed by atoms with Crippen molar-refractivity contribution >= 4 is 10.0 Å². The molecular formula is C22H28N2O5S. The van der Waals surface area contributed by atoms with Crippen molar-refractivity contribution in [3.8, 4) is 17.2 Å². The van der Waals surface area contributed by atoms with Gasteiger partial charge < -0.3 is 14.2 Å². The van der Waals surface area contributed by atoms with Gasteiger partial charge in [-0.25, -0.2) is 8.42 Å². The lowest BCUT2D eigenvalue weighted by Crippen LogP contribution is -2.48. The molecule has 0 bridgehead atoms. The molecule has 1 heterocycles. The van der Waals surface area contributed by atoms with E-state index in [1.54, 1.807) is 12.1 Å². The van der Waals surface area contributed by atoms with E-state index in [0.29, 0.717) is 43.8 Å². The summed E-state index contributed by atoms with van der Waals surface area (Å²) >= 11 is 0. The number of piperazine rings is 1. The lowest BCUT2D eigenvalue weighted by molar-refractivity contribution is 0.178. The van der Waals surface area contributed by atoms with Crippen LogP contribution in [-0.2, 0) is 16.6 Å². The maximum atomic E-state index is 13.2. The number of ether oxygens (including phenoxy) is 3. The second-order valence-corrected chi connectivity index (χ2v) is 9.53. The van der Waals surface area contributed by atoms with Crippen LogP contribution in [0.25, 0.3) is 0 Å². The van der Waals surface area contributed by atoms with E-state index in [0.717, 1.165) is 30.7 Å². The third-order valence-electron chi connectivity index (χ3n) is 5.50. The van der Waals surface area contributed by atoms with Gasteiger partial charge in [-0.15, -0.1) is 0 Å². The highest BCUT2D eigenvalue weighted by molar-refractivity contribution is 7.89. The number of benzene rings is 2.